The van der Waals surface area contributed by atoms with Gasteiger partial charge in [-0.25, -0.2) is 0 Å². The lowest BCUT2D eigenvalue weighted by atomic mass is 10.3. The summed E-state index contributed by atoms with van der Waals surface area (Å²) in [7, 11) is 0. The number of alkyl halides is 1. The molecular weight excluding hydrogens is 154 g/mol. The summed E-state index contributed by atoms with van der Waals surface area (Å²) in [4.78, 5) is 0. The molecule has 0 saturated heterocycles. The van der Waals surface area contributed by atoms with Crippen LogP contribution in [0.5, 0.6) is 0 Å². The Kier molecular flexibility index (Phi) is 6.28. The molecule has 0 heterocycles. The Hall–Kier alpha value is 0.150. The lowest BCUT2D eigenvalue weighted by Gasteiger charge is -1.85. The molecule has 1 N–H and O–H groups in total. The van der Waals surface area contributed by atoms with Crippen molar-refractivity contribution >= 4 is 22.1 Å². The number of rotatable bonds is 4. The molecule has 0 aromatic heterocycles. The molecule has 1 nitrogen and oxygen atoms in total. The van der Waals surface area contributed by atoms with Gasteiger partial charge in [0, 0.05) is 5.33 Å². The van der Waals surface area contributed by atoms with E-state index in [0.717, 1.165) is 18.2 Å². The van der Waals surface area contributed by atoms with Crippen LogP contribution in [0.25, 0.3) is 0 Å². The Morgan fingerprint density at radius 1 is 1.43 bits per heavy atom. The van der Waals surface area contributed by atoms with Crippen molar-refractivity contribution in [3.8, 4) is 0 Å². The van der Waals surface area contributed by atoms with Gasteiger partial charge >= 0.3 is 0 Å². The number of unbranched alkanes of at least 4 members (excludes halogenated alkanes) is 2. The van der Waals surface area contributed by atoms with E-state index >= 15 is 0 Å². The molecule has 0 aliphatic heterocycles. The summed E-state index contributed by atoms with van der Waals surface area (Å²) in [5.41, 5.74) is 0. The first-order valence-electron chi connectivity index (χ1n) is 2.46. The van der Waals surface area contributed by atoms with Crippen LogP contribution in [-0.4, -0.2) is 11.5 Å². The van der Waals surface area contributed by atoms with Crippen molar-refractivity contribution in [3.63, 3.8) is 0 Å². The summed E-state index contributed by atoms with van der Waals surface area (Å²) < 4.78 is 0. The Morgan fingerprint density at radius 3 is 2.57 bits per heavy atom. The zero-order chi connectivity index (χ0) is 5.54. The van der Waals surface area contributed by atoms with Crippen LogP contribution in [0, 0.1) is 5.41 Å². The Morgan fingerprint density at radius 2 is 2.14 bits per heavy atom. The minimum absolute atomic E-state index is 0.936. The molecule has 0 atom stereocenters. The van der Waals surface area contributed by atoms with E-state index in [-0.39, 0.29) is 0 Å². The van der Waals surface area contributed by atoms with Crippen molar-refractivity contribution in [1.82, 2.24) is 0 Å². The van der Waals surface area contributed by atoms with Crippen molar-refractivity contribution < 1.29 is 0 Å². The van der Waals surface area contributed by atoms with Crippen molar-refractivity contribution in [2.75, 3.05) is 5.33 Å². The zero-order valence-corrected chi connectivity index (χ0v) is 5.87. The summed E-state index contributed by atoms with van der Waals surface area (Å²) in [6, 6.07) is 0. The molecule has 7 heavy (non-hydrogen) atoms. The third-order valence-corrected chi connectivity index (χ3v) is 1.29. The smallest absolute Gasteiger partial charge is 0.00314 e. The molecular formula is C5H10BrN. The maximum Gasteiger partial charge on any atom is 0.00314 e. The van der Waals surface area contributed by atoms with Gasteiger partial charge < -0.3 is 5.41 Å². The number of nitrogens with one attached hydrogen (secondary N) is 1. The standard InChI is InChI=1S/C5H10BrN/c6-4-2-1-3-5-7/h5,7H,1-4H2. The predicted octanol–water partition coefficient (Wildman–Crippen LogP) is 2.20. The molecule has 0 unspecified atom stereocenters. The molecule has 0 aliphatic rings. The molecule has 0 aromatic rings. The highest BCUT2D eigenvalue weighted by Gasteiger charge is 1.79. The van der Waals surface area contributed by atoms with Gasteiger partial charge in [-0.15, -0.1) is 0 Å². The van der Waals surface area contributed by atoms with Crippen molar-refractivity contribution in [3.05, 3.63) is 0 Å². The fraction of sp³-hybridized carbons (Fsp3) is 0.800. The highest BCUT2D eigenvalue weighted by Crippen LogP contribution is 1.94. The maximum atomic E-state index is 6.64. The lowest BCUT2D eigenvalue weighted by molar-refractivity contribution is 0.854. The second kappa shape index (κ2) is 6.15. The zero-order valence-electron chi connectivity index (χ0n) is 4.28. The van der Waals surface area contributed by atoms with Crippen LogP contribution in [0.1, 0.15) is 19.3 Å². The second-order valence-corrected chi connectivity index (χ2v) is 2.18. The fourth-order valence-corrected chi connectivity index (χ4v) is 0.737. The summed E-state index contributed by atoms with van der Waals surface area (Å²) in [6.45, 7) is 0. The van der Waals surface area contributed by atoms with Gasteiger partial charge in [-0.05, 0) is 25.5 Å². The summed E-state index contributed by atoms with van der Waals surface area (Å²) in [5, 5.41) is 7.71. The Balaban J connectivity index is 2.56. The molecule has 0 amide bonds. The van der Waals surface area contributed by atoms with Gasteiger partial charge in [0.05, 0.1) is 0 Å². The van der Waals surface area contributed by atoms with Crippen molar-refractivity contribution in [2.45, 2.75) is 19.3 Å². The number of hydrogen-bond donors (Lipinski definition) is 1. The first-order valence-corrected chi connectivity index (χ1v) is 3.59. The SMILES string of the molecule is N=CCCCCBr. The fourth-order valence-electron chi connectivity index (χ4n) is 0.341. The highest BCUT2D eigenvalue weighted by atomic mass is 79.9. The molecule has 42 valence electrons. The highest BCUT2D eigenvalue weighted by molar-refractivity contribution is 9.09. The first-order chi connectivity index (χ1) is 3.41. The van der Waals surface area contributed by atoms with Crippen LogP contribution in [-0.2, 0) is 0 Å². The molecule has 0 bridgehead atoms. The minimum atomic E-state index is 0.936. The van der Waals surface area contributed by atoms with Crippen molar-refractivity contribution in [2.24, 2.45) is 0 Å². The van der Waals surface area contributed by atoms with Gasteiger partial charge in [0.25, 0.3) is 0 Å². The monoisotopic (exact) mass is 163 g/mol. The predicted molar refractivity (Wildman–Crippen MR) is 36.4 cm³/mol. The van der Waals surface area contributed by atoms with Gasteiger partial charge in [0.2, 0.25) is 0 Å². The van der Waals surface area contributed by atoms with E-state index in [4.69, 9.17) is 5.41 Å². The summed E-state index contributed by atoms with van der Waals surface area (Å²) in [6.07, 6.45) is 4.73. The minimum Gasteiger partial charge on any atom is -0.313 e. The van der Waals surface area contributed by atoms with Gasteiger partial charge in [0.1, 0.15) is 0 Å². The van der Waals surface area contributed by atoms with Crippen LogP contribution < -0.4 is 0 Å². The van der Waals surface area contributed by atoms with E-state index in [9.17, 15) is 0 Å². The van der Waals surface area contributed by atoms with Crippen LogP contribution in [0.2, 0.25) is 0 Å². The number of hydrogen-bond acceptors (Lipinski definition) is 1. The molecule has 2 heteroatoms. The van der Waals surface area contributed by atoms with E-state index in [2.05, 4.69) is 15.9 Å². The van der Waals surface area contributed by atoms with E-state index in [1.165, 1.54) is 12.6 Å². The van der Waals surface area contributed by atoms with E-state index in [1.807, 2.05) is 0 Å². The average molecular weight is 164 g/mol. The van der Waals surface area contributed by atoms with Crippen LogP contribution >= 0.6 is 15.9 Å². The summed E-state index contributed by atoms with van der Waals surface area (Å²) >= 11 is 3.30. The topological polar surface area (TPSA) is 23.9 Å². The Labute approximate surface area is 52.8 Å². The normalized spacial score (nSPS) is 8.71. The maximum absolute atomic E-state index is 6.64. The molecule has 0 aliphatic carbocycles. The van der Waals surface area contributed by atoms with Crippen LogP contribution in [0.3, 0.4) is 0 Å². The Bertz CT molecular complexity index is 45.3. The van der Waals surface area contributed by atoms with E-state index in [0.29, 0.717) is 0 Å². The van der Waals surface area contributed by atoms with Crippen LogP contribution in [0.4, 0.5) is 0 Å². The van der Waals surface area contributed by atoms with Gasteiger partial charge in [-0.1, -0.05) is 15.9 Å². The number of halogens is 1. The molecule has 0 rings (SSSR count). The third kappa shape index (κ3) is 6.15. The van der Waals surface area contributed by atoms with Gasteiger partial charge in [-0.2, -0.15) is 0 Å². The third-order valence-electron chi connectivity index (χ3n) is 0.732. The average Bonchev–Trinajstić information content (AvgIpc) is 1.69. The molecule has 0 saturated carbocycles. The first kappa shape index (κ1) is 7.15. The van der Waals surface area contributed by atoms with Crippen LogP contribution in [0.15, 0.2) is 0 Å². The largest absolute Gasteiger partial charge is 0.313 e. The van der Waals surface area contributed by atoms with E-state index < -0.39 is 0 Å². The lowest BCUT2D eigenvalue weighted by Crippen LogP contribution is -1.75. The van der Waals surface area contributed by atoms with Gasteiger partial charge in [0.15, 0.2) is 0 Å². The van der Waals surface area contributed by atoms with E-state index in [1.54, 1.807) is 0 Å². The second-order valence-electron chi connectivity index (χ2n) is 1.39. The summed E-state index contributed by atoms with van der Waals surface area (Å²) in [5.74, 6) is 0. The van der Waals surface area contributed by atoms with Crippen molar-refractivity contribution in [1.29, 1.82) is 5.41 Å². The van der Waals surface area contributed by atoms with Gasteiger partial charge in [-0.3, -0.25) is 0 Å². The molecule has 0 radical (unpaired) electrons. The quantitative estimate of drug-likeness (QED) is 0.374. The molecule has 0 spiro atoms. The molecule has 0 aromatic carbocycles. The molecule has 0 fully saturated rings.